The van der Waals surface area contributed by atoms with Crippen LogP contribution in [-0.4, -0.2) is 10.9 Å². The van der Waals surface area contributed by atoms with E-state index in [1.807, 2.05) is 19.9 Å². The normalized spacial score (nSPS) is 11.7. The van der Waals surface area contributed by atoms with E-state index < -0.39 is 17.6 Å². The van der Waals surface area contributed by atoms with Crippen LogP contribution in [0.25, 0.3) is 10.2 Å². The number of nitrogens with zero attached hydrogens (tertiary/aromatic N) is 1. The molecule has 0 aliphatic rings. The Labute approximate surface area is 140 Å². The Hall–Kier alpha value is -2.41. The summed E-state index contributed by atoms with van der Waals surface area (Å²) in [7, 11) is 0. The third-order valence-electron chi connectivity index (χ3n) is 3.43. The molecule has 1 aromatic heterocycles. The van der Waals surface area contributed by atoms with Gasteiger partial charge in [0.05, 0.1) is 15.8 Å². The van der Waals surface area contributed by atoms with Gasteiger partial charge in [0.1, 0.15) is 0 Å². The number of fused-ring (bicyclic) bond motifs is 1. The highest BCUT2D eigenvalue weighted by atomic mass is 32.1. The maximum absolute atomic E-state index is 13.0. The number of hydrogen-bond acceptors (Lipinski definition) is 3. The Balaban J connectivity index is 1.95. The van der Waals surface area contributed by atoms with Gasteiger partial charge in [-0.2, -0.15) is 13.2 Å². The Morgan fingerprint density at radius 1 is 1.12 bits per heavy atom. The number of rotatable bonds is 2. The van der Waals surface area contributed by atoms with E-state index in [1.165, 1.54) is 6.07 Å². The fourth-order valence-corrected chi connectivity index (χ4v) is 3.39. The van der Waals surface area contributed by atoms with Crippen molar-refractivity contribution < 1.29 is 18.0 Å². The first-order valence-corrected chi connectivity index (χ1v) is 7.92. The molecule has 0 unspecified atom stereocenters. The molecule has 0 saturated carbocycles. The second-order valence-electron chi connectivity index (χ2n) is 5.50. The minimum absolute atomic E-state index is 0.144. The van der Waals surface area contributed by atoms with Crippen molar-refractivity contribution in [3.8, 4) is 0 Å². The van der Waals surface area contributed by atoms with Crippen LogP contribution in [0.15, 0.2) is 36.4 Å². The highest BCUT2D eigenvalue weighted by Crippen LogP contribution is 2.37. The van der Waals surface area contributed by atoms with E-state index in [0.717, 1.165) is 28.5 Å². The standard InChI is InChI=1S/C17H13F3N2OS/c1-9-6-10(2)8-11(7-9)15(23)22-16-21-14-12(17(18,19)20)4-3-5-13(14)24-16/h3-8H,1-2H3,(H,21,22,23). The van der Waals surface area contributed by atoms with Gasteiger partial charge in [-0.25, -0.2) is 4.98 Å². The number of para-hydroxylation sites is 1. The van der Waals surface area contributed by atoms with Crippen LogP contribution >= 0.6 is 11.3 Å². The zero-order valence-electron chi connectivity index (χ0n) is 12.9. The van der Waals surface area contributed by atoms with Crippen molar-refractivity contribution in [1.82, 2.24) is 4.98 Å². The van der Waals surface area contributed by atoms with E-state index in [9.17, 15) is 18.0 Å². The van der Waals surface area contributed by atoms with E-state index in [-0.39, 0.29) is 10.6 Å². The summed E-state index contributed by atoms with van der Waals surface area (Å²) in [6.07, 6.45) is -4.48. The number of anilines is 1. The molecule has 3 rings (SSSR count). The zero-order valence-corrected chi connectivity index (χ0v) is 13.7. The molecule has 1 amide bonds. The fourth-order valence-electron chi connectivity index (χ4n) is 2.51. The van der Waals surface area contributed by atoms with Crippen molar-refractivity contribution in [1.29, 1.82) is 0 Å². The number of aromatic nitrogens is 1. The molecular weight excluding hydrogens is 337 g/mol. The number of carbonyl (C=O) groups is 1. The minimum Gasteiger partial charge on any atom is -0.298 e. The number of aryl methyl sites for hydroxylation is 2. The van der Waals surface area contributed by atoms with Gasteiger partial charge in [0.2, 0.25) is 0 Å². The lowest BCUT2D eigenvalue weighted by Gasteiger charge is -2.06. The van der Waals surface area contributed by atoms with Crippen LogP contribution in [0.2, 0.25) is 0 Å². The van der Waals surface area contributed by atoms with Gasteiger partial charge in [0.25, 0.3) is 5.91 Å². The van der Waals surface area contributed by atoms with E-state index >= 15 is 0 Å². The molecule has 3 aromatic rings. The van der Waals surface area contributed by atoms with Gasteiger partial charge >= 0.3 is 6.18 Å². The Bertz CT molecular complexity index is 911. The van der Waals surface area contributed by atoms with Crippen LogP contribution < -0.4 is 5.32 Å². The molecule has 0 spiro atoms. The van der Waals surface area contributed by atoms with Crippen molar-refractivity contribution in [2.75, 3.05) is 5.32 Å². The summed E-state index contributed by atoms with van der Waals surface area (Å²) >= 11 is 1.02. The van der Waals surface area contributed by atoms with Crippen molar-refractivity contribution >= 4 is 32.6 Å². The summed E-state index contributed by atoms with van der Waals surface area (Å²) in [6.45, 7) is 3.74. The van der Waals surface area contributed by atoms with Crippen molar-refractivity contribution in [3.63, 3.8) is 0 Å². The molecule has 1 N–H and O–H groups in total. The second-order valence-corrected chi connectivity index (χ2v) is 6.53. The maximum Gasteiger partial charge on any atom is 0.418 e. The molecule has 0 bridgehead atoms. The first-order valence-electron chi connectivity index (χ1n) is 7.10. The van der Waals surface area contributed by atoms with Crippen LogP contribution in [0.3, 0.4) is 0 Å². The first-order chi connectivity index (χ1) is 11.2. The SMILES string of the molecule is Cc1cc(C)cc(C(=O)Nc2nc3c(C(F)(F)F)cccc3s2)c1. The van der Waals surface area contributed by atoms with Gasteiger partial charge in [-0.15, -0.1) is 0 Å². The number of hydrogen-bond donors (Lipinski definition) is 1. The van der Waals surface area contributed by atoms with Gasteiger partial charge < -0.3 is 0 Å². The van der Waals surface area contributed by atoms with Crippen LogP contribution in [0.1, 0.15) is 27.0 Å². The lowest BCUT2D eigenvalue weighted by atomic mass is 10.1. The summed E-state index contributed by atoms with van der Waals surface area (Å²) in [5, 5.41) is 2.73. The number of nitrogens with one attached hydrogen (secondary N) is 1. The molecular formula is C17H13F3N2OS. The van der Waals surface area contributed by atoms with Crippen LogP contribution in [0, 0.1) is 13.8 Å². The molecule has 0 aliphatic heterocycles. The molecule has 0 fully saturated rings. The summed E-state index contributed by atoms with van der Waals surface area (Å²) in [5.41, 5.74) is 1.37. The third-order valence-corrected chi connectivity index (χ3v) is 4.36. The molecule has 0 aliphatic carbocycles. The molecule has 124 valence electrons. The largest absolute Gasteiger partial charge is 0.418 e. The monoisotopic (exact) mass is 350 g/mol. The number of halogens is 3. The van der Waals surface area contributed by atoms with Crippen molar-refractivity contribution in [2.45, 2.75) is 20.0 Å². The number of thiazole rings is 1. The van der Waals surface area contributed by atoms with Gasteiger partial charge in [-0.1, -0.05) is 34.6 Å². The summed E-state index contributed by atoms with van der Waals surface area (Å²) < 4.78 is 39.4. The van der Waals surface area contributed by atoms with E-state index in [2.05, 4.69) is 10.3 Å². The van der Waals surface area contributed by atoms with Gasteiger partial charge in [-0.3, -0.25) is 10.1 Å². The Morgan fingerprint density at radius 2 is 1.79 bits per heavy atom. The van der Waals surface area contributed by atoms with Crippen LogP contribution in [0.4, 0.5) is 18.3 Å². The predicted molar refractivity (Wildman–Crippen MR) is 88.5 cm³/mol. The van der Waals surface area contributed by atoms with Crippen LogP contribution in [-0.2, 0) is 6.18 Å². The van der Waals surface area contributed by atoms with Gasteiger partial charge in [0.15, 0.2) is 5.13 Å². The predicted octanol–water partition coefficient (Wildman–Crippen LogP) is 5.18. The number of alkyl halides is 3. The number of carbonyl (C=O) groups excluding carboxylic acids is 1. The minimum atomic E-state index is -4.48. The second kappa shape index (κ2) is 5.90. The number of benzene rings is 2. The zero-order chi connectivity index (χ0) is 17.5. The molecule has 3 nitrogen and oxygen atoms in total. The van der Waals surface area contributed by atoms with Crippen molar-refractivity contribution in [3.05, 3.63) is 58.7 Å². The topological polar surface area (TPSA) is 42.0 Å². The molecule has 0 saturated heterocycles. The van der Waals surface area contributed by atoms with Crippen LogP contribution in [0.5, 0.6) is 0 Å². The smallest absolute Gasteiger partial charge is 0.298 e. The molecule has 0 atom stereocenters. The summed E-state index contributed by atoms with van der Waals surface area (Å²) in [6, 6.07) is 9.24. The first kappa shape index (κ1) is 16.4. The summed E-state index contributed by atoms with van der Waals surface area (Å²) in [5.74, 6) is -0.394. The van der Waals surface area contributed by atoms with E-state index in [4.69, 9.17) is 0 Å². The molecule has 2 aromatic carbocycles. The highest BCUT2D eigenvalue weighted by molar-refractivity contribution is 7.22. The van der Waals surface area contributed by atoms with Gasteiger partial charge in [0, 0.05) is 5.56 Å². The van der Waals surface area contributed by atoms with Gasteiger partial charge in [-0.05, 0) is 38.1 Å². The van der Waals surface area contributed by atoms with Crippen molar-refractivity contribution in [2.24, 2.45) is 0 Å². The molecule has 0 radical (unpaired) electrons. The summed E-state index contributed by atoms with van der Waals surface area (Å²) in [4.78, 5) is 16.3. The molecule has 24 heavy (non-hydrogen) atoms. The Morgan fingerprint density at radius 3 is 2.42 bits per heavy atom. The fraction of sp³-hybridized carbons (Fsp3) is 0.176. The third kappa shape index (κ3) is 3.26. The average Bonchev–Trinajstić information content (AvgIpc) is 2.86. The molecule has 1 heterocycles. The number of amides is 1. The molecule has 7 heteroatoms. The quantitative estimate of drug-likeness (QED) is 0.691. The maximum atomic E-state index is 13.0. The lowest BCUT2D eigenvalue weighted by Crippen LogP contribution is -2.12. The highest BCUT2D eigenvalue weighted by Gasteiger charge is 2.33. The lowest BCUT2D eigenvalue weighted by molar-refractivity contribution is -0.136. The van der Waals surface area contributed by atoms with E-state index in [0.29, 0.717) is 10.3 Å². The Kier molecular flexibility index (Phi) is 4.04. The van der Waals surface area contributed by atoms with E-state index in [1.54, 1.807) is 18.2 Å². The average molecular weight is 350 g/mol.